The van der Waals surface area contributed by atoms with E-state index >= 15 is 0 Å². The molecule has 4 rings (SSSR count). The molecule has 0 saturated carbocycles. The molecule has 2 saturated heterocycles. The van der Waals surface area contributed by atoms with Gasteiger partial charge < -0.3 is 16.0 Å². The van der Waals surface area contributed by atoms with Gasteiger partial charge in [-0.2, -0.15) is 0 Å². The number of hydrogen-bond acceptors (Lipinski definition) is 5. The normalized spacial score (nSPS) is 20.9. The summed E-state index contributed by atoms with van der Waals surface area (Å²) in [6.07, 6.45) is 7.36. The van der Waals surface area contributed by atoms with E-state index < -0.39 is 0 Å². The van der Waals surface area contributed by atoms with Crippen LogP contribution >= 0.6 is 15.9 Å². The number of carbonyl (C=O) groups excluding carboxylic acids is 1. The van der Waals surface area contributed by atoms with Crippen molar-refractivity contribution < 1.29 is 4.79 Å². The summed E-state index contributed by atoms with van der Waals surface area (Å²) in [4.78, 5) is 23.3. The maximum atomic E-state index is 12.3. The number of aromatic nitrogens is 3. The molecule has 122 valence electrons. The number of hydrogen-bond donors (Lipinski definition) is 2. The van der Waals surface area contributed by atoms with Gasteiger partial charge in [-0.05, 0) is 41.6 Å². The highest BCUT2D eigenvalue weighted by Gasteiger charge is 2.43. The fraction of sp³-hybridized carbons (Fsp3) is 0.533. The third-order valence-electron chi connectivity index (χ3n) is 5.12. The van der Waals surface area contributed by atoms with E-state index in [1.807, 2.05) is 10.6 Å². The van der Waals surface area contributed by atoms with Crippen LogP contribution in [-0.4, -0.2) is 39.9 Å². The van der Waals surface area contributed by atoms with E-state index in [2.05, 4.69) is 36.1 Å². The number of anilines is 2. The minimum absolute atomic E-state index is 0.181. The highest BCUT2D eigenvalue weighted by Crippen LogP contribution is 2.39. The summed E-state index contributed by atoms with van der Waals surface area (Å²) in [5, 5.41) is 3.03. The van der Waals surface area contributed by atoms with Crippen LogP contribution in [-0.2, 0) is 4.79 Å². The zero-order valence-corrected chi connectivity index (χ0v) is 14.3. The van der Waals surface area contributed by atoms with Crippen LogP contribution < -0.4 is 16.0 Å². The molecule has 0 bridgehead atoms. The molecule has 3 N–H and O–H groups in total. The largest absolute Gasteiger partial charge is 0.382 e. The molecule has 2 aliphatic rings. The van der Waals surface area contributed by atoms with Gasteiger partial charge in [0, 0.05) is 32.0 Å². The molecule has 4 heterocycles. The van der Waals surface area contributed by atoms with Crippen molar-refractivity contribution in [3.05, 3.63) is 17.0 Å². The lowest BCUT2D eigenvalue weighted by Gasteiger charge is -2.42. The number of nitrogen functional groups attached to an aromatic ring is 1. The van der Waals surface area contributed by atoms with Crippen LogP contribution in [0.1, 0.15) is 25.7 Å². The minimum Gasteiger partial charge on any atom is -0.382 e. The lowest BCUT2D eigenvalue weighted by Crippen LogP contribution is -2.52. The average molecular weight is 379 g/mol. The molecule has 2 aromatic heterocycles. The topological polar surface area (TPSA) is 88.5 Å². The van der Waals surface area contributed by atoms with Crippen LogP contribution in [0.15, 0.2) is 17.0 Å². The van der Waals surface area contributed by atoms with Gasteiger partial charge in [-0.1, -0.05) is 0 Å². The molecule has 8 heteroatoms. The molecule has 0 aromatic carbocycles. The van der Waals surface area contributed by atoms with E-state index in [1.165, 1.54) is 0 Å². The second-order valence-electron chi connectivity index (χ2n) is 6.36. The summed E-state index contributed by atoms with van der Waals surface area (Å²) < 4.78 is 2.67. The number of halogens is 1. The molecule has 0 radical (unpaired) electrons. The highest BCUT2D eigenvalue weighted by molar-refractivity contribution is 9.10. The molecule has 2 aliphatic heterocycles. The van der Waals surface area contributed by atoms with Gasteiger partial charge >= 0.3 is 0 Å². The quantitative estimate of drug-likeness (QED) is 0.785. The van der Waals surface area contributed by atoms with Gasteiger partial charge in [-0.15, -0.1) is 0 Å². The van der Waals surface area contributed by atoms with Crippen molar-refractivity contribution in [3.63, 3.8) is 0 Å². The Morgan fingerprint density at radius 3 is 2.83 bits per heavy atom. The van der Waals surface area contributed by atoms with Gasteiger partial charge in [-0.25, -0.2) is 9.97 Å². The predicted molar refractivity (Wildman–Crippen MR) is 91.2 cm³/mol. The molecular weight excluding hydrogens is 360 g/mol. The van der Waals surface area contributed by atoms with Gasteiger partial charge in [-0.3, -0.25) is 9.20 Å². The van der Waals surface area contributed by atoms with Crippen LogP contribution in [0.2, 0.25) is 0 Å². The van der Waals surface area contributed by atoms with E-state index in [0.29, 0.717) is 10.4 Å². The third kappa shape index (κ3) is 2.27. The van der Waals surface area contributed by atoms with Crippen LogP contribution in [0.3, 0.4) is 0 Å². The van der Waals surface area contributed by atoms with Crippen LogP contribution in [0.5, 0.6) is 0 Å². The van der Waals surface area contributed by atoms with Gasteiger partial charge in [0.15, 0.2) is 5.82 Å². The molecule has 0 atom stereocenters. The Morgan fingerprint density at radius 1 is 1.30 bits per heavy atom. The Balaban J connectivity index is 1.62. The summed E-state index contributed by atoms with van der Waals surface area (Å²) in [6.45, 7) is 2.46. The Hall–Kier alpha value is -1.83. The molecule has 0 aliphatic carbocycles. The number of nitrogens with one attached hydrogen (secondary N) is 1. The number of nitrogens with two attached hydrogens (primary N) is 1. The van der Waals surface area contributed by atoms with E-state index in [-0.39, 0.29) is 11.3 Å². The summed E-state index contributed by atoms with van der Waals surface area (Å²) in [7, 11) is 0. The van der Waals surface area contributed by atoms with Crippen molar-refractivity contribution in [3.8, 4) is 0 Å². The van der Waals surface area contributed by atoms with Gasteiger partial charge in [0.25, 0.3) is 0 Å². The SMILES string of the molecule is Nc1nccn2c(N3CCC4(CCCNC4=O)CC3)nc(Br)c12. The van der Waals surface area contributed by atoms with Gasteiger partial charge in [0.2, 0.25) is 11.9 Å². The Kier molecular flexibility index (Phi) is 3.44. The number of nitrogens with zero attached hydrogens (tertiary/aromatic N) is 4. The fourth-order valence-electron chi connectivity index (χ4n) is 3.77. The van der Waals surface area contributed by atoms with Crippen LogP contribution in [0.4, 0.5) is 11.8 Å². The minimum atomic E-state index is -0.181. The van der Waals surface area contributed by atoms with E-state index in [1.54, 1.807) is 6.20 Å². The first-order valence-corrected chi connectivity index (χ1v) is 8.71. The number of rotatable bonds is 1. The van der Waals surface area contributed by atoms with Crippen molar-refractivity contribution >= 4 is 39.1 Å². The lowest BCUT2D eigenvalue weighted by atomic mass is 9.72. The first-order valence-electron chi connectivity index (χ1n) is 7.92. The zero-order chi connectivity index (χ0) is 16.0. The number of imidazole rings is 1. The predicted octanol–water partition coefficient (Wildman–Crippen LogP) is 1.57. The standard InChI is InChI=1S/C15H19BrN6O/c16-11-10-12(17)18-6-9-22(10)14(20-11)21-7-3-15(4-8-21)2-1-5-19-13(15)23/h6,9H,1-5,7-8H2,(H2,17,18)(H,19,23). The van der Waals surface area contributed by atoms with Gasteiger partial charge in [0.05, 0.1) is 5.41 Å². The number of carbonyl (C=O) groups is 1. The molecular formula is C15H19BrN6O. The third-order valence-corrected chi connectivity index (χ3v) is 5.68. The van der Waals surface area contributed by atoms with E-state index in [4.69, 9.17) is 5.73 Å². The smallest absolute Gasteiger partial charge is 0.226 e. The Labute approximate surface area is 142 Å². The van der Waals surface area contributed by atoms with E-state index in [9.17, 15) is 4.79 Å². The van der Waals surface area contributed by atoms with Crippen molar-refractivity contribution in [2.45, 2.75) is 25.7 Å². The number of amides is 1. The summed E-state index contributed by atoms with van der Waals surface area (Å²) in [5.74, 6) is 1.54. The molecule has 2 aromatic rings. The number of fused-ring (bicyclic) bond motifs is 1. The Morgan fingerprint density at radius 2 is 2.09 bits per heavy atom. The molecule has 2 fully saturated rings. The monoisotopic (exact) mass is 378 g/mol. The summed E-state index contributed by atoms with van der Waals surface area (Å²) in [5.41, 5.74) is 6.57. The first-order chi connectivity index (χ1) is 11.1. The maximum Gasteiger partial charge on any atom is 0.226 e. The molecule has 0 unspecified atom stereocenters. The average Bonchev–Trinajstić information content (AvgIpc) is 2.90. The van der Waals surface area contributed by atoms with Crippen molar-refractivity contribution in [2.24, 2.45) is 5.41 Å². The highest BCUT2D eigenvalue weighted by atomic mass is 79.9. The zero-order valence-electron chi connectivity index (χ0n) is 12.8. The second-order valence-corrected chi connectivity index (χ2v) is 7.11. The van der Waals surface area contributed by atoms with Crippen LogP contribution in [0.25, 0.3) is 5.52 Å². The summed E-state index contributed by atoms with van der Waals surface area (Å²) >= 11 is 3.47. The Bertz CT molecular complexity index is 765. The van der Waals surface area contributed by atoms with Crippen molar-refractivity contribution in [2.75, 3.05) is 30.3 Å². The van der Waals surface area contributed by atoms with Crippen LogP contribution in [0, 0.1) is 5.41 Å². The molecule has 1 amide bonds. The van der Waals surface area contributed by atoms with E-state index in [0.717, 1.165) is 56.8 Å². The van der Waals surface area contributed by atoms with Crippen molar-refractivity contribution in [1.29, 1.82) is 0 Å². The maximum absolute atomic E-state index is 12.3. The summed E-state index contributed by atoms with van der Waals surface area (Å²) in [6, 6.07) is 0. The second kappa shape index (κ2) is 5.36. The number of piperidine rings is 2. The molecule has 23 heavy (non-hydrogen) atoms. The molecule has 7 nitrogen and oxygen atoms in total. The molecule has 1 spiro atoms. The fourth-order valence-corrected chi connectivity index (χ4v) is 4.32. The van der Waals surface area contributed by atoms with Crippen molar-refractivity contribution in [1.82, 2.24) is 19.7 Å². The lowest BCUT2D eigenvalue weighted by molar-refractivity contribution is -0.134. The van der Waals surface area contributed by atoms with Gasteiger partial charge in [0.1, 0.15) is 10.1 Å². The first kappa shape index (κ1) is 14.7.